The summed E-state index contributed by atoms with van der Waals surface area (Å²) in [6, 6.07) is 3.52. The average molecular weight is 430 g/mol. The van der Waals surface area contributed by atoms with E-state index in [1.165, 1.54) is 22.8 Å². The standard InChI is InChI=1S/C18H19FN8O4/c1-21-15-6-14(24-10-4-9(19)5-12-16(10)31-3-2-30-12)26-17-11(7-23-27(15)17)25-18(29)22-8-13(20)28/h4-7,21H,2-3,8H2,1H3,(H2,20,28)(H,24,26)(H2,22,25,29). The molecule has 0 radical (unpaired) electrons. The minimum atomic E-state index is -0.679. The Morgan fingerprint density at radius 2 is 2.03 bits per heavy atom. The van der Waals surface area contributed by atoms with Gasteiger partial charge < -0.3 is 36.5 Å². The number of aromatic nitrogens is 3. The topological polar surface area (TPSA) is 157 Å². The molecule has 1 aliphatic heterocycles. The number of ether oxygens (including phenoxy) is 2. The molecule has 0 saturated heterocycles. The number of primary amides is 1. The van der Waals surface area contributed by atoms with Crippen molar-refractivity contribution in [2.75, 3.05) is 42.8 Å². The zero-order chi connectivity index (χ0) is 22.0. The van der Waals surface area contributed by atoms with Gasteiger partial charge in [0.2, 0.25) is 5.91 Å². The Balaban J connectivity index is 1.67. The molecule has 31 heavy (non-hydrogen) atoms. The van der Waals surface area contributed by atoms with Crippen LogP contribution in [-0.2, 0) is 4.79 Å². The normalized spacial score (nSPS) is 12.3. The Hall–Kier alpha value is -4.29. The first-order chi connectivity index (χ1) is 14.9. The van der Waals surface area contributed by atoms with E-state index in [1.54, 1.807) is 13.1 Å². The predicted molar refractivity (Wildman–Crippen MR) is 109 cm³/mol. The lowest BCUT2D eigenvalue weighted by Gasteiger charge is -2.21. The summed E-state index contributed by atoms with van der Waals surface area (Å²) in [7, 11) is 1.69. The van der Waals surface area contributed by atoms with Crippen LogP contribution in [0.5, 0.6) is 11.5 Å². The lowest BCUT2D eigenvalue weighted by atomic mass is 10.2. The van der Waals surface area contributed by atoms with Crippen LogP contribution in [0.3, 0.4) is 0 Å². The Bertz CT molecular complexity index is 1170. The fourth-order valence-corrected chi connectivity index (χ4v) is 2.98. The number of anilines is 4. The van der Waals surface area contributed by atoms with Crippen LogP contribution < -0.4 is 36.5 Å². The Kier molecular flexibility index (Phi) is 5.30. The van der Waals surface area contributed by atoms with Gasteiger partial charge in [0.1, 0.15) is 36.4 Å². The van der Waals surface area contributed by atoms with Crippen molar-refractivity contribution in [1.82, 2.24) is 19.9 Å². The SMILES string of the molecule is CNc1cc(Nc2cc(F)cc3c2OCCO3)nc2c(NC(=O)NCC(N)=O)cnn12. The molecule has 1 aromatic carbocycles. The molecule has 0 fully saturated rings. The van der Waals surface area contributed by atoms with E-state index in [0.29, 0.717) is 47.7 Å². The number of nitrogens with two attached hydrogens (primary N) is 1. The van der Waals surface area contributed by atoms with Gasteiger partial charge in [-0.15, -0.1) is 0 Å². The third kappa shape index (κ3) is 4.19. The second-order valence-corrected chi connectivity index (χ2v) is 6.45. The third-order valence-electron chi connectivity index (χ3n) is 4.27. The molecule has 0 spiro atoms. The number of carbonyl (C=O) groups is 2. The molecule has 0 unspecified atom stereocenters. The number of carbonyl (C=O) groups excluding carboxylic acids is 2. The van der Waals surface area contributed by atoms with Crippen LogP contribution in [0.1, 0.15) is 0 Å². The van der Waals surface area contributed by atoms with Gasteiger partial charge in [-0.1, -0.05) is 0 Å². The average Bonchev–Trinajstić information content (AvgIpc) is 3.14. The Morgan fingerprint density at radius 3 is 2.81 bits per heavy atom. The van der Waals surface area contributed by atoms with E-state index in [-0.39, 0.29) is 12.2 Å². The number of fused-ring (bicyclic) bond motifs is 2. The quantitative estimate of drug-likeness (QED) is 0.388. The summed E-state index contributed by atoms with van der Waals surface area (Å²) in [4.78, 5) is 27.3. The third-order valence-corrected chi connectivity index (χ3v) is 4.27. The van der Waals surface area contributed by atoms with Gasteiger partial charge in [-0.2, -0.15) is 9.61 Å². The molecule has 0 aliphatic carbocycles. The molecule has 4 rings (SSSR count). The molecule has 1 aliphatic rings. The van der Waals surface area contributed by atoms with Crippen LogP contribution in [0.4, 0.5) is 32.2 Å². The first kappa shape index (κ1) is 20.0. The van der Waals surface area contributed by atoms with Crippen LogP contribution >= 0.6 is 0 Å². The molecule has 3 amide bonds. The summed E-state index contributed by atoms with van der Waals surface area (Å²) in [5.74, 6) is 0.362. The molecule has 0 saturated carbocycles. The van der Waals surface area contributed by atoms with Crippen molar-refractivity contribution in [3.8, 4) is 11.5 Å². The maximum Gasteiger partial charge on any atom is 0.319 e. The molecule has 3 heterocycles. The van der Waals surface area contributed by atoms with Gasteiger partial charge in [0.25, 0.3) is 0 Å². The van der Waals surface area contributed by atoms with Crippen molar-refractivity contribution in [3.63, 3.8) is 0 Å². The molecule has 0 atom stereocenters. The number of rotatable bonds is 6. The van der Waals surface area contributed by atoms with Crippen molar-refractivity contribution in [1.29, 1.82) is 0 Å². The van der Waals surface area contributed by atoms with Gasteiger partial charge in [0, 0.05) is 25.2 Å². The number of hydrogen-bond acceptors (Lipinski definition) is 8. The summed E-state index contributed by atoms with van der Waals surface area (Å²) < 4.78 is 26.6. The molecule has 3 aromatic rings. The van der Waals surface area contributed by atoms with Crippen molar-refractivity contribution < 1.29 is 23.5 Å². The highest BCUT2D eigenvalue weighted by molar-refractivity contribution is 5.95. The smallest absolute Gasteiger partial charge is 0.319 e. The second-order valence-electron chi connectivity index (χ2n) is 6.45. The zero-order valence-corrected chi connectivity index (χ0v) is 16.4. The lowest BCUT2D eigenvalue weighted by Crippen LogP contribution is -2.36. The minimum Gasteiger partial charge on any atom is -0.486 e. The maximum atomic E-state index is 14.0. The summed E-state index contributed by atoms with van der Waals surface area (Å²) in [6.45, 7) is 0.338. The fraction of sp³-hybridized carbons (Fsp3) is 0.222. The van der Waals surface area contributed by atoms with E-state index >= 15 is 0 Å². The van der Waals surface area contributed by atoms with Crippen LogP contribution in [0, 0.1) is 5.82 Å². The maximum absolute atomic E-state index is 14.0. The van der Waals surface area contributed by atoms with Crippen LogP contribution in [-0.4, -0.2) is 53.3 Å². The molecule has 12 nitrogen and oxygen atoms in total. The van der Waals surface area contributed by atoms with Crippen LogP contribution in [0.15, 0.2) is 24.4 Å². The van der Waals surface area contributed by atoms with Crippen molar-refractivity contribution in [2.24, 2.45) is 5.73 Å². The monoisotopic (exact) mass is 430 g/mol. The number of benzene rings is 1. The van der Waals surface area contributed by atoms with Crippen LogP contribution in [0.25, 0.3) is 5.65 Å². The Morgan fingerprint density at radius 1 is 1.23 bits per heavy atom. The molecular weight excluding hydrogens is 411 g/mol. The van der Waals surface area contributed by atoms with E-state index < -0.39 is 17.8 Å². The largest absolute Gasteiger partial charge is 0.486 e. The van der Waals surface area contributed by atoms with Gasteiger partial charge in [-0.05, 0) is 0 Å². The summed E-state index contributed by atoms with van der Waals surface area (Å²) >= 11 is 0. The van der Waals surface area contributed by atoms with Crippen LogP contribution in [0.2, 0.25) is 0 Å². The van der Waals surface area contributed by atoms with Gasteiger partial charge in [0.15, 0.2) is 17.1 Å². The number of amides is 3. The van der Waals surface area contributed by atoms with E-state index in [1.807, 2.05) is 0 Å². The second kappa shape index (κ2) is 8.22. The molecule has 2 aromatic heterocycles. The molecular formula is C18H19FN8O4. The summed E-state index contributed by atoms with van der Waals surface area (Å²) in [6.07, 6.45) is 1.40. The minimum absolute atomic E-state index is 0.281. The highest BCUT2D eigenvalue weighted by atomic mass is 19.1. The number of urea groups is 1. The number of nitrogens with one attached hydrogen (secondary N) is 4. The van der Waals surface area contributed by atoms with Gasteiger partial charge in [-0.3, -0.25) is 4.79 Å². The van der Waals surface area contributed by atoms with E-state index in [9.17, 15) is 14.0 Å². The highest BCUT2D eigenvalue weighted by Gasteiger charge is 2.20. The molecule has 13 heteroatoms. The summed E-state index contributed by atoms with van der Waals surface area (Å²) in [5.41, 5.74) is 5.93. The number of nitrogens with zero attached hydrogens (tertiary/aromatic N) is 3. The first-order valence-corrected chi connectivity index (χ1v) is 9.20. The predicted octanol–water partition coefficient (Wildman–Crippen LogP) is 1.03. The zero-order valence-electron chi connectivity index (χ0n) is 16.4. The van der Waals surface area contributed by atoms with Crippen molar-refractivity contribution in [3.05, 3.63) is 30.2 Å². The van der Waals surface area contributed by atoms with E-state index in [2.05, 4.69) is 31.3 Å². The van der Waals surface area contributed by atoms with Gasteiger partial charge >= 0.3 is 6.03 Å². The van der Waals surface area contributed by atoms with Crippen molar-refractivity contribution >= 4 is 40.6 Å². The fourth-order valence-electron chi connectivity index (χ4n) is 2.98. The summed E-state index contributed by atoms with van der Waals surface area (Å²) in [5, 5.41) is 15.1. The lowest BCUT2D eigenvalue weighted by molar-refractivity contribution is -0.117. The molecule has 0 bridgehead atoms. The Labute approximate surface area is 174 Å². The van der Waals surface area contributed by atoms with E-state index in [4.69, 9.17) is 15.2 Å². The first-order valence-electron chi connectivity index (χ1n) is 9.20. The number of hydrogen-bond donors (Lipinski definition) is 5. The molecule has 6 N–H and O–H groups in total. The number of halogens is 1. The van der Waals surface area contributed by atoms with Crippen molar-refractivity contribution in [2.45, 2.75) is 0 Å². The molecule has 162 valence electrons. The van der Waals surface area contributed by atoms with Gasteiger partial charge in [0.05, 0.1) is 18.4 Å². The highest BCUT2D eigenvalue weighted by Crippen LogP contribution is 2.40. The van der Waals surface area contributed by atoms with E-state index in [0.717, 1.165) is 0 Å². The van der Waals surface area contributed by atoms with Gasteiger partial charge in [-0.25, -0.2) is 14.2 Å².